The first-order chi connectivity index (χ1) is 17.7. The van der Waals surface area contributed by atoms with Crippen LogP contribution in [0.3, 0.4) is 0 Å². The number of aliphatic hydroxyl groups excluding tert-OH is 2. The van der Waals surface area contributed by atoms with Gasteiger partial charge in [0.1, 0.15) is 0 Å². The molecular weight excluding hydrogens is 585 g/mol. The topological polar surface area (TPSA) is 107 Å². The van der Waals surface area contributed by atoms with Gasteiger partial charge in [0.15, 0.2) is 11.5 Å². The monoisotopic (exact) mass is 617 g/mol. The Hall–Kier alpha value is -2.69. The van der Waals surface area contributed by atoms with Crippen LogP contribution in [0.15, 0.2) is 53.6 Å². The van der Waals surface area contributed by atoms with Crippen LogP contribution in [0.4, 0.5) is 0 Å². The maximum absolute atomic E-state index is 12.8. The summed E-state index contributed by atoms with van der Waals surface area (Å²) in [6.07, 6.45) is 2.47. The number of phenols is 1. The van der Waals surface area contributed by atoms with Gasteiger partial charge in [-0.2, -0.15) is 0 Å². The predicted molar refractivity (Wildman–Crippen MR) is 150 cm³/mol. The minimum Gasteiger partial charge on any atom is -0.504 e. The molecule has 1 saturated heterocycles. The Morgan fingerprint density at radius 2 is 1.92 bits per heavy atom. The molecule has 0 aromatic heterocycles. The summed E-state index contributed by atoms with van der Waals surface area (Å²) < 4.78 is 5.98. The highest BCUT2D eigenvalue weighted by Crippen LogP contribution is 2.46. The normalized spacial score (nSPS) is 22.9. The van der Waals surface area contributed by atoms with Gasteiger partial charge in [-0.05, 0) is 83.2 Å². The third kappa shape index (κ3) is 5.32. The summed E-state index contributed by atoms with van der Waals surface area (Å²) in [5, 5.41) is 31.8. The number of phenolic OH excluding ortho intramolecular Hbond substituents is 1. The van der Waals surface area contributed by atoms with Gasteiger partial charge in [0.05, 0.1) is 35.2 Å². The van der Waals surface area contributed by atoms with E-state index in [1.54, 1.807) is 6.07 Å². The number of aromatic hydroxyl groups is 1. The van der Waals surface area contributed by atoms with Gasteiger partial charge in [0.2, 0.25) is 11.8 Å². The standard InChI is InChI=1S/C29H32INO6/c1-16-11-20-26(29(36)31(2)28(20)35)21(15-32)25(16)23(33)10-9-19(18-7-5-4-6-8-18)12-17-13-22(30)27(34)24(14-17)37-3/h4-8,12-14,20-21,23,26,32-34H,9-11,15H2,1-3H3/b19-12-/t20-,21+,23-,26-/m1/s1. The molecule has 4 rings (SSSR count). The molecule has 2 aliphatic rings. The average molecular weight is 617 g/mol. The van der Waals surface area contributed by atoms with Gasteiger partial charge in [-0.1, -0.05) is 42.0 Å². The largest absolute Gasteiger partial charge is 0.504 e. The van der Waals surface area contributed by atoms with Crippen LogP contribution in [0.2, 0.25) is 0 Å². The number of hydrogen-bond donors (Lipinski definition) is 3. The molecule has 0 bridgehead atoms. The van der Waals surface area contributed by atoms with Crippen molar-refractivity contribution in [2.24, 2.45) is 17.8 Å². The number of imide groups is 1. The van der Waals surface area contributed by atoms with Crippen molar-refractivity contribution in [2.75, 3.05) is 20.8 Å². The van der Waals surface area contributed by atoms with E-state index in [4.69, 9.17) is 4.74 Å². The molecule has 1 fully saturated rings. The Bertz CT molecular complexity index is 1250. The van der Waals surface area contributed by atoms with E-state index in [-0.39, 0.29) is 24.2 Å². The van der Waals surface area contributed by atoms with E-state index in [9.17, 15) is 24.9 Å². The number of aliphatic hydroxyl groups is 2. The van der Waals surface area contributed by atoms with Crippen LogP contribution in [0, 0.1) is 21.3 Å². The third-order valence-corrected chi connectivity index (χ3v) is 8.37. The molecule has 0 spiro atoms. The lowest BCUT2D eigenvalue weighted by Crippen LogP contribution is -2.38. The molecule has 7 nitrogen and oxygen atoms in total. The van der Waals surface area contributed by atoms with Crippen molar-refractivity contribution >= 4 is 46.1 Å². The summed E-state index contributed by atoms with van der Waals surface area (Å²) >= 11 is 2.06. The maximum Gasteiger partial charge on any atom is 0.233 e. The zero-order valence-corrected chi connectivity index (χ0v) is 23.3. The van der Waals surface area contributed by atoms with Crippen LogP contribution in [-0.2, 0) is 9.59 Å². The lowest BCUT2D eigenvalue weighted by atomic mass is 9.68. The molecule has 0 saturated carbocycles. The number of nitrogens with zero attached hydrogens (tertiary/aromatic N) is 1. The van der Waals surface area contributed by atoms with Crippen molar-refractivity contribution in [1.29, 1.82) is 0 Å². The van der Waals surface area contributed by atoms with Gasteiger partial charge in [0.25, 0.3) is 0 Å². The number of carbonyl (C=O) groups is 2. The highest BCUT2D eigenvalue weighted by atomic mass is 127. The van der Waals surface area contributed by atoms with Crippen LogP contribution in [0.5, 0.6) is 11.5 Å². The molecule has 0 radical (unpaired) electrons. The summed E-state index contributed by atoms with van der Waals surface area (Å²) in [6, 6.07) is 13.5. The summed E-state index contributed by atoms with van der Waals surface area (Å²) in [5.41, 5.74) is 4.39. The number of ether oxygens (including phenoxy) is 1. The van der Waals surface area contributed by atoms with Crippen molar-refractivity contribution in [3.05, 3.63) is 68.3 Å². The number of allylic oxidation sites excluding steroid dienone is 2. The molecule has 2 amide bonds. The first kappa shape index (κ1) is 27.3. The highest BCUT2D eigenvalue weighted by molar-refractivity contribution is 14.1. The molecular formula is C29H32INO6. The number of benzene rings is 2. The van der Waals surface area contributed by atoms with Crippen LogP contribution in [-0.4, -0.2) is 58.9 Å². The third-order valence-electron chi connectivity index (χ3n) is 7.55. The number of rotatable bonds is 8. The van der Waals surface area contributed by atoms with Gasteiger partial charge >= 0.3 is 0 Å². The second-order valence-corrected chi connectivity index (χ2v) is 10.9. The van der Waals surface area contributed by atoms with Gasteiger partial charge in [-0.3, -0.25) is 14.5 Å². The molecule has 8 heteroatoms. The Labute approximate surface area is 230 Å². The van der Waals surface area contributed by atoms with E-state index in [0.717, 1.165) is 27.2 Å². The maximum atomic E-state index is 12.8. The second kappa shape index (κ2) is 11.4. The van der Waals surface area contributed by atoms with Crippen LogP contribution in [0.1, 0.15) is 37.3 Å². The van der Waals surface area contributed by atoms with E-state index in [1.165, 1.54) is 14.2 Å². The molecule has 1 aliphatic heterocycles. The zero-order valence-electron chi connectivity index (χ0n) is 21.1. The Balaban J connectivity index is 1.63. The zero-order chi connectivity index (χ0) is 26.9. The Morgan fingerprint density at radius 1 is 1.22 bits per heavy atom. The summed E-state index contributed by atoms with van der Waals surface area (Å²) in [4.78, 5) is 26.5. The smallest absolute Gasteiger partial charge is 0.233 e. The molecule has 0 unspecified atom stereocenters. The van der Waals surface area contributed by atoms with E-state index in [0.29, 0.717) is 34.2 Å². The minimum absolute atomic E-state index is 0.0931. The molecule has 4 atom stereocenters. The van der Waals surface area contributed by atoms with Crippen LogP contribution in [0.25, 0.3) is 11.6 Å². The number of carbonyl (C=O) groups excluding carboxylic acids is 2. The first-order valence-electron chi connectivity index (χ1n) is 12.3. The molecule has 196 valence electrons. The van der Waals surface area contributed by atoms with Gasteiger partial charge < -0.3 is 20.1 Å². The number of halogens is 1. The lowest BCUT2D eigenvalue weighted by molar-refractivity contribution is -0.138. The molecule has 1 aliphatic carbocycles. The van der Waals surface area contributed by atoms with Crippen molar-refractivity contribution in [2.45, 2.75) is 32.3 Å². The fraction of sp³-hybridized carbons (Fsp3) is 0.379. The summed E-state index contributed by atoms with van der Waals surface area (Å²) in [6.45, 7) is 1.58. The van der Waals surface area contributed by atoms with E-state index in [1.807, 2.05) is 49.4 Å². The highest BCUT2D eigenvalue weighted by Gasteiger charge is 2.53. The van der Waals surface area contributed by atoms with E-state index < -0.39 is 23.9 Å². The minimum atomic E-state index is -0.867. The average Bonchev–Trinajstić information content (AvgIpc) is 3.11. The fourth-order valence-corrected chi connectivity index (χ4v) is 6.33. The number of hydrogen-bond acceptors (Lipinski definition) is 6. The van der Waals surface area contributed by atoms with Crippen LogP contribution >= 0.6 is 22.6 Å². The summed E-state index contributed by atoms with van der Waals surface area (Å²) in [7, 11) is 3.00. The number of likely N-dealkylation sites (tertiary alicyclic amines) is 1. The van der Waals surface area contributed by atoms with Crippen molar-refractivity contribution in [3.8, 4) is 11.5 Å². The van der Waals surface area contributed by atoms with Gasteiger partial charge in [0, 0.05) is 13.0 Å². The van der Waals surface area contributed by atoms with Crippen molar-refractivity contribution < 1.29 is 29.6 Å². The molecule has 2 aromatic rings. The molecule has 37 heavy (non-hydrogen) atoms. The number of methoxy groups -OCH3 is 1. The first-order valence-corrected chi connectivity index (χ1v) is 13.4. The number of fused-ring (bicyclic) bond motifs is 1. The lowest BCUT2D eigenvalue weighted by Gasteiger charge is -2.35. The predicted octanol–water partition coefficient (Wildman–Crippen LogP) is 4.25. The van der Waals surface area contributed by atoms with Gasteiger partial charge in [-0.15, -0.1) is 0 Å². The van der Waals surface area contributed by atoms with E-state index >= 15 is 0 Å². The Kier molecular flexibility index (Phi) is 8.40. The SMILES string of the molecule is COc1cc(/C=C(/CC[C@@H](O)C2=C(C)C[C@H]3C(=O)N(C)C(=O)[C@H]3[C@H]2CO)c2ccccc2)cc(I)c1O. The van der Waals surface area contributed by atoms with Gasteiger partial charge in [-0.25, -0.2) is 0 Å². The summed E-state index contributed by atoms with van der Waals surface area (Å²) in [5.74, 6) is -1.71. The second-order valence-electron chi connectivity index (χ2n) is 9.74. The van der Waals surface area contributed by atoms with Crippen LogP contribution < -0.4 is 4.74 Å². The molecule has 2 aromatic carbocycles. The van der Waals surface area contributed by atoms with E-state index in [2.05, 4.69) is 22.6 Å². The quantitative estimate of drug-likeness (QED) is 0.177. The number of amides is 2. The van der Waals surface area contributed by atoms with Crippen molar-refractivity contribution in [1.82, 2.24) is 4.90 Å². The Morgan fingerprint density at radius 3 is 2.57 bits per heavy atom. The fourth-order valence-electron chi connectivity index (χ4n) is 5.71. The molecule has 3 N–H and O–H groups in total. The molecule has 1 heterocycles. The van der Waals surface area contributed by atoms with Crippen molar-refractivity contribution in [3.63, 3.8) is 0 Å².